The number of hydrogen-bond acceptors (Lipinski definition) is 3. The Morgan fingerprint density at radius 3 is 2.60 bits per heavy atom. The van der Waals surface area contributed by atoms with E-state index < -0.39 is 0 Å². The second-order valence-corrected chi connectivity index (χ2v) is 4.37. The Hall–Kier alpha value is -0.710. The van der Waals surface area contributed by atoms with E-state index in [1.165, 1.54) is 0 Å². The fourth-order valence-electron chi connectivity index (χ4n) is 1.23. The zero-order valence-corrected chi connectivity index (χ0v) is 10.2. The van der Waals surface area contributed by atoms with Crippen molar-refractivity contribution in [3.8, 4) is 0 Å². The molecule has 0 radical (unpaired) electrons. The maximum Gasteiger partial charge on any atom is 0.220 e. The quantitative estimate of drug-likeness (QED) is 0.607. The predicted molar refractivity (Wildman–Crippen MR) is 63.6 cm³/mol. The van der Waals surface area contributed by atoms with E-state index in [4.69, 9.17) is 5.73 Å². The Morgan fingerprint density at radius 2 is 2.13 bits per heavy atom. The monoisotopic (exact) mass is 232 g/mol. The SMILES string of the molecule is CCC(CCC(=O)NCCSC)C(N)=O. The molecule has 0 saturated carbocycles. The Morgan fingerprint density at radius 1 is 1.47 bits per heavy atom. The van der Waals surface area contributed by atoms with Gasteiger partial charge in [0, 0.05) is 24.6 Å². The van der Waals surface area contributed by atoms with Gasteiger partial charge in [0.05, 0.1) is 0 Å². The maximum atomic E-state index is 11.3. The van der Waals surface area contributed by atoms with E-state index in [0.29, 0.717) is 25.8 Å². The highest BCUT2D eigenvalue weighted by Crippen LogP contribution is 2.09. The van der Waals surface area contributed by atoms with Crippen LogP contribution in [-0.4, -0.2) is 30.4 Å². The van der Waals surface area contributed by atoms with E-state index in [-0.39, 0.29) is 17.7 Å². The number of carbonyl (C=O) groups excluding carboxylic acids is 2. The Balaban J connectivity index is 3.64. The van der Waals surface area contributed by atoms with Crippen molar-refractivity contribution in [2.45, 2.75) is 26.2 Å². The molecule has 4 nitrogen and oxygen atoms in total. The lowest BCUT2D eigenvalue weighted by molar-refractivity contribution is -0.123. The van der Waals surface area contributed by atoms with Crippen molar-refractivity contribution in [1.82, 2.24) is 5.32 Å². The zero-order chi connectivity index (χ0) is 11.7. The highest BCUT2D eigenvalue weighted by molar-refractivity contribution is 7.98. The van der Waals surface area contributed by atoms with Gasteiger partial charge in [0.25, 0.3) is 0 Å². The molecule has 3 N–H and O–H groups in total. The van der Waals surface area contributed by atoms with Gasteiger partial charge in [-0.25, -0.2) is 0 Å². The van der Waals surface area contributed by atoms with E-state index in [0.717, 1.165) is 5.75 Å². The summed E-state index contributed by atoms with van der Waals surface area (Å²) in [5, 5.41) is 2.79. The standard InChI is InChI=1S/C10H20N2O2S/c1-3-8(10(11)14)4-5-9(13)12-6-7-15-2/h8H,3-7H2,1-2H3,(H2,11,14)(H,12,13). The molecule has 1 atom stereocenters. The summed E-state index contributed by atoms with van der Waals surface area (Å²) in [7, 11) is 0. The van der Waals surface area contributed by atoms with Gasteiger partial charge >= 0.3 is 0 Å². The van der Waals surface area contributed by atoms with Crippen LogP contribution in [0, 0.1) is 5.92 Å². The van der Waals surface area contributed by atoms with E-state index in [2.05, 4.69) is 5.32 Å². The fraction of sp³-hybridized carbons (Fsp3) is 0.800. The molecular formula is C10H20N2O2S. The second kappa shape index (κ2) is 8.59. The molecule has 0 bridgehead atoms. The largest absolute Gasteiger partial charge is 0.369 e. The van der Waals surface area contributed by atoms with Crippen LogP contribution >= 0.6 is 11.8 Å². The summed E-state index contributed by atoms with van der Waals surface area (Å²) >= 11 is 1.69. The second-order valence-electron chi connectivity index (χ2n) is 3.39. The third-order valence-corrected chi connectivity index (χ3v) is 2.86. The molecule has 0 saturated heterocycles. The summed E-state index contributed by atoms with van der Waals surface area (Å²) in [4.78, 5) is 22.2. The molecule has 5 heteroatoms. The summed E-state index contributed by atoms with van der Waals surface area (Å²) in [5.41, 5.74) is 5.18. The van der Waals surface area contributed by atoms with Crippen LogP contribution in [0.4, 0.5) is 0 Å². The molecule has 15 heavy (non-hydrogen) atoms. The Labute approximate surface area is 95.4 Å². The van der Waals surface area contributed by atoms with E-state index in [9.17, 15) is 9.59 Å². The summed E-state index contributed by atoms with van der Waals surface area (Å²) in [6, 6.07) is 0. The average molecular weight is 232 g/mol. The van der Waals surface area contributed by atoms with Gasteiger partial charge in [0.15, 0.2) is 0 Å². The highest BCUT2D eigenvalue weighted by atomic mass is 32.2. The van der Waals surface area contributed by atoms with Crippen molar-refractivity contribution in [1.29, 1.82) is 0 Å². The van der Waals surface area contributed by atoms with Crippen LogP contribution < -0.4 is 11.1 Å². The number of nitrogens with two attached hydrogens (primary N) is 1. The smallest absolute Gasteiger partial charge is 0.220 e. The van der Waals surface area contributed by atoms with Crippen LogP contribution in [0.3, 0.4) is 0 Å². The summed E-state index contributed by atoms with van der Waals surface area (Å²) in [6.07, 6.45) is 3.63. The number of nitrogens with one attached hydrogen (secondary N) is 1. The molecule has 0 aliphatic heterocycles. The van der Waals surface area contributed by atoms with Crippen LogP contribution in [0.1, 0.15) is 26.2 Å². The molecule has 0 aromatic carbocycles. The highest BCUT2D eigenvalue weighted by Gasteiger charge is 2.14. The van der Waals surface area contributed by atoms with Gasteiger partial charge in [0.1, 0.15) is 0 Å². The molecule has 1 unspecified atom stereocenters. The topological polar surface area (TPSA) is 72.2 Å². The summed E-state index contributed by atoms with van der Waals surface area (Å²) < 4.78 is 0. The van der Waals surface area contributed by atoms with Gasteiger partial charge in [-0.1, -0.05) is 6.92 Å². The molecule has 0 heterocycles. The molecule has 0 aliphatic carbocycles. The minimum atomic E-state index is -0.311. The Bertz CT molecular complexity index is 210. The van der Waals surface area contributed by atoms with Crippen LogP contribution in [0.5, 0.6) is 0 Å². The average Bonchev–Trinajstić information content (AvgIpc) is 2.18. The van der Waals surface area contributed by atoms with Crippen molar-refractivity contribution in [3.05, 3.63) is 0 Å². The lowest BCUT2D eigenvalue weighted by Gasteiger charge is -2.10. The van der Waals surface area contributed by atoms with Crippen molar-refractivity contribution >= 4 is 23.6 Å². The third-order valence-electron chi connectivity index (χ3n) is 2.24. The van der Waals surface area contributed by atoms with E-state index in [1.807, 2.05) is 13.2 Å². The van der Waals surface area contributed by atoms with Crippen LogP contribution in [0.25, 0.3) is 0 Å². The molecule has 0 rings (SSSR count). The van der Waals surface area contributed by atoms with Crippen LogP contribution in [0.15, 0.2) is 0 Å². The van der Waals surface area contributed by atoms with Gasteiger partial charge in [-0.2, -0.15) is 11.8 Å². The minimum Gasteiger partial charge on any atom is -0.369 e. The minimum absolute atomic E-state index is 0.00347. The first-order valence-corrected chi connectivity index (χ1v) is 6.56. The number of hydrogen-bond donors (Lipinski definition) is 2. The van der Waals surface area contributed by atoms with Gasteiger partial charge in [0.2, 0.25) is 11.8 Å². The number of primary amides is 1. The third kappa shape index (κ3) is 7.25. The summed E-state index contributed by atoms with van der Waals surface area (Å²) in [6.45, 7) is 2.59. The van der Waals surface area contributed by atoms with Gasteiger partial charge in [-0.15, -0.1) is 0 Å². The number of rotatable bonds is 8. The fourth-order valence-corrected chi connectivity index (χ4v) is 1.54. The lowest BCUT2D eigenvalue weighted by atomic mass is 10.00. The first-order valence-electron chi connectivity index (χ1n) is 5.16. The zero-order valence-electron chi connectivity index (χ0n) is 9.41. The van der Waals surface area contributed by atoms with E-state index >= 15 is 0 Å². The predicted octanol–water partition coefficient (Wildman–Crippen LogP) is 0.757. The normalized spacial score (nSPS) is 12.1. The molecular weight excluding hydrogens is 212 g/mol. The molecule has 88 valence electrons. The van der Waals surface area contributed by atoms with Crippen LogP contribution in [-0.2, 0) is 9.59 Å². The Kier molecular flexibility index (Phi) is 8.18. The van der Waals surface area contributed by atoms with Crippen LogP contribution in [0.2, 0.25) is 0 Å². The van der Waals surface area contributed by atoms with Crippen molar-refractivity contribution in [2.75, 3.05) is 18.6 Å². The number of amides is 2. The molecule has 0 fully saturated rings. The summed E-state index contributed by atoms with van der Waals surface area (Å²) in [5.74, 6) is 0.438. The lowest BCUT2D eigenvalue weighted by Crippen LogP contribution is -2.28. The van der Waals surface area contributed by atoms with Crippen molar-refractivity contribution in [2.24, 2.45) is 11.7 Å². The molecule has 0 spiro atoms. The van der Waals surface area contributed by atoms with Gasteiger partial charge < -0.3 is 11.1 Å². The number of carbonyl (C=O) groups is 2. The first kappa shape index (κ1) is 14.3. The van der Waals surface area contributed by atoms with Gasteiger partial charge in [-0.3, -0.25) is 9.59 Å². The van der Waals surface area contributed by atoms with Gasteiger partial charge in [-0.05, 0) is 19.1 Å². The van der Waals surface area contributed by atoms with Crippen molar-refractivity contribution < 1.29 is 9.59 Å². The number of thioether (sulfide) groups is 1. The van der Waals surface area contributed by atoms with Crippen molar-refractivity contribution in [3.63, 3.8) is 0 Å². The first-order chi connectivity index (χ1) is 7.11. The molecule has 0 aromatic rings. The molecule has 0 aliphatic rings. The van der Waals surface area contributed by atoms with E-state index in [1.54, 1.807) is 11.8 Å². The molecule has 2 amide bonds. The maximum absolute atomic E-state index is 11.3. The molecule has 0 aromatic heterocycles.